The molecule has 0 radical (unpaired) electrons. The van der Waals surface area contributed by atoms with E-state index in [1.54, 1.807) is 0 Å². The fraction of sp³-hybridized carbons (Fsp3) is 0.909. The zero-order valence-corrected chi connectivity index (χ0v) is 10.1. The number of halogens is 2. The molecule has 6 heteroatoms. The number of esters is 1. The van der Waals surface area contributed by atoms with E-state index in [0.29, 0.717) is 18.6 Å². The van der Waals surface area contributed by atoms with Crippen molar-refractivity contribution in [1.82, 2.24) is 10.2 Å². The Morgan fingerprint density at radius 2 is 2.00 bits per heavy atom. The van der Waals surface area contributed by atoms with E-state index in [4.69, 9.17) is 4.74 Å². The van der Waals surface area contributed by atoms with E-state index in [-0.39, 0.29) is 0 Å². The minimum atomic E-state index is -3.30. The van der Waals surface area contributed by atoms with Crippen LogP contribution in [-0.2, 0) is 9.53 Å². The summed E-state index contributed by atoms with van der Waals surface area (Å²) in [5.41, 5.74) is 0. The summed E-state index contributed by atoms with van der Waals surface area (Å²) in [7, 11) is 0. The third kappa shape index (κ3) is 2.93. The highest BCUT2D eigenvalue weighted by Gasteiger charge is 2.51. The lowest BCUT2D eigenvalue weighted by Crippen LogP contribution is -2.55. The van der Waals surface area contributed by atoms with Crippen LogP contribution in [0.5, 0.6) is 0 Å². The maximum atomic E-state index is 13.0. The zero-order chi connectivity index (χ0) is 12.6. The molecule has 1 N–H and O–H groups in total. The normalized spacial score (nSPS) is 38.1. The monoisotopic (exact) mass is 248 g/mol. The van der Waals surface area contributed by atoms with Crippen molar-refractivity contribution >= 4 is 5.97 Å². The van der Waals surface area contributed by atoms with Crippen LogP contribution in [0.25, 0.3) is 0 Å². The van der Waals surface area contributed by atoms with Gasteiger partial charge in [-0.3, -0.25) is 4.90 Å². The first-order valence-corrected chi connectivity index (χ1v) is 5.94. The van der Waals surface area contributed by atoms with E-state index in [1.165, 1.54) is 0 Å². The van der Waals surface area contributed by atoms with E-state index in [2.05, 4.69) is 24.1 Å². The first-order valence-electron chi connectivity index (χ1n) is 5.94. The maximum absolute atomic E-state index is 13.0. The van der Waals surface area contributed by atoms with Gasteiger partial charge in [0, 0.05) is 31.7 Å². The van der Waals surface area contributed by atoms with Crippen molar-refractivity contribution in [3.05, 3.63) is 0 Å². The number of cyclic esters (lactones) is 1. The van der Waals surface area contributed by atoms with Crippen LogP contribution in [0.1, 0.15) is 20.3 Å². The summed E-state index contributed by atoms with van der Waals surface area (Å²) in [5.74, 6) is -4.67. The van der Waals surface area contributed by atoms with Gasteiger partial charge in [0.25, 0.3) is 0 Å². The Balaban J connectivity index is 1.88. The van der Waals surface area contributed by atoms with Crippen molar-refractivity contribution in [2.45, 2.75) is 44.4 Å². The molecule has 98 valence electrons. The highest BCUT2D eigenvalue weighted by Crippen LogP contribution is 2.31. The van der Waals surface area contributed by atoms with Crippen molar-refractivity contribution in [1.29, 1.82) is 0 Å². The molecule has 4 nitrogen and oxygen atoms in total. The average molecular weight is 248 g/mol. The van der Waals surface area contributed by atoms with Gasteiger partial charge in [-0.05, 0) is 13.8 Å². The quantitative estimate of drug-likeness (QED) is 0.727. The first kappa shape index (κ1) is 12.7. The number of alkyl halides is 2. The van der Waals surface area contributed by atoms with Crippen molar-refractivity contribution in [3.63, 3.8) is 0 Å². The number of nitrogens with zero attached hydrogens (tertiary/aromatic N) is 1. The maximum Gasteiger partial charge on any atom is 0.377 e. The standard InChI is InChI=1S/C11H18F2N2O2/c1-7-4-15(5-8(2)14-7)6-9-3-11(12,13)10(16)17-9/h7-9,14H,3-6H2,1-2H3. The summed E-state index contributed by atoms with van der Waals surface area (Å²) in [4.78, 5) is 12.9. The molecule has 0 spiro atoms. The number of carbonyl (C=O) groups excluding carboxylic acids is 1. The van der Waals surface area contributed by atoms with E-state index < -0.39 is 24.4 Å². The lowest BCUT2D eigenvalue weighted by atomic mass is 10.1. The summed E-state index contributed by atoms with van der Waals surface area (Å²) in [6.45, 7) is 6.10. The Kier molecular flexibility index (Phi) is 3.36. The molecule has 3 atom stereocenters. The second-order valence-electron chi connectivity index (χ2n) is 5.12. The van der Waals surface area contributed by atoms with Crippen LogP contribution in [0, 0.1) is 0 Å². The minimum absolute atomic E-state index is 0.330. The van der Waals surface area contributed by atoms with Crippen LogP contribution >= 0.6 is 0 Å². The molecule has 0 aromatic carbocycles. The van der Waals surface area contributed by atoms with Gasteiger partial charge in [0.1, 0.15) is 6.10 Å². The van der Waals surface area contributed by atoms with Gasteiger partial charge in [-0.15, -0.1) is 0 Å². The van der Waals surface area contributed by atoms with Gasteiger partial charge < -0.3 is 10.1 Å². The lowest BCUT2D eigenvalue weighted by molar-refractivity contribution is -0.159. The van der Waals surface area contributed by atoms with Crippen LogP contribution in [0.3, 0.4) is 0 Å². The SMILES string of the molecule is CC1CN(CC2CC(F)(F)C(=O)O2)CC(C)N1. The molecule has 0 aromatic heterocycles. The molecular weight excluding hydrogens is 230 g/mol. The fourth-order valence-corrected chi connectivity index (χ4v) is 2.63. The molecule has 2 aliphatic heterocycles. The predicted octanol–water partition coefficient (Wildman–Crippen LogP) is 0.619. The molecule has 17 heavy (non-hydrogen) atoms. The Hall–Kier alpha value is -0.750. The molecule has 0 aliphatic carbocycles. The molecule has 0 bridgehead atoms. The summed E-state index contributed by atoms with van der Waals surface area (Å²) < 4.78 is 30.7. The number of nitrogens with one attached hydrogen (secondary N) is 1. The molecule has 2 heterocycles. The Morgan fingerprint density at radius 3 is 2.47 bits per heavy atom. The number of hydrogen-bond donors (Lipinski definition) is 1. The van der Waals surface area contributed by atoms with Gasteiger partial charge >= 0.3 is 11.9 Å². The fourth-order valence-electron chi connectivity index (χ4n) is 2.63. The van der Waals surface area contributed by atoms with Gasteiger partial charge in [-0.2, -0.15) is 8.78 Å². The molecule has 2 fully saturated rings. The van der Waals surface area contributed by atoms with Crippen molar-refractivity contribution in [2.75, 3.05) is 19.6 Å². The number of carbonyl (C=O) groups is 1. The summed E-state index contributed by atoms with van der Waals surface area (Å²) >= 11 is 0. The van der Waals surface area contributed by atoms with E-state index >= 15 is 0 Å². The van der Waals surface area contributed by atoms with Gasteiger partial charge in [-0.1, -0.05) is 0 Å². The van der Waals surface area contributed by atoms with Crippen molar-refractivity contribution in [2.24, 2.45) is 0 Å². The van der Waals surface area contributed by atoms with Crippen LogP contribution in [0.2, 0.25) is 0 Å². The Morgan fingerprint density at radius 1 is 1.41 bits per heavy atom. The van der Waals surface area contributed by atoms with Crippen LogP contribution in [0.15, 0.2) is 0 Å². The third-order valence-corrected chi connectivity index (χ3v) is 3.15. The van der Waals surface area contributed by atoms with E-state index in [1.807, 2.05) is 0 Å². The smallest absolute Gasteiger partial charge is 0.377 e. The second kappa shape index (κ2) is 4.49. The molecule has 2 aliphatic rings. The Bertz CT molecular complexity index is 302. The van der Waals surface area contributed by atoms with Gasteiger partial charge in [0.2, 0.25) is 0 Å². The van der Waals surface area contributed by atoms with Gasteiger partial charge in [0.05, 0.1) is 6.42 Å². The van der Waals surface area contributed by atoms with Crippen LogP contribution in [0.4, 0.5) is 8.78 Å². The van der Waals surface area contributed by atoms with E-state index in [9.17, 15) is 13.6 Å². The molecule has 0 aromatic rings. The number of ether oxygens (including phenoxy) is 1. The highest BCUT2D eigenvalue weighted by atomic mass is 19.3. The average Bonchev–Trinajstić information content (AvgIpc) is 2.37. The lowest BCUT2D eigenvalue weighted by Gasteiger charge is -2.36. The predicted molar refractivity (Wildman–Crippen MR) is 57.9 cm³/mol. The summed E-state index contributed by atoms with van der Waals surface area (Å²) in [6, 6.07) is 0.660. The summed E-state index contributed by atoms with van der Waals surface area (Å²) in [6.07, 6.45) is -1.16. The number of piperazine rings is 1. The van der Waals surface area contributed by atoms with Gasteiger partial charge in [0.15, 0.2) is 0 Å². The number of hydrogen-bond acceptors (Lipinski definition) is 4. The Labute approximate surface area is 99.3 Å². The molecule has 3 unspecified atom stereocenters. The zero-order valence-electron chi connectivity index (χ0n) is 10.1. The van der Waals surface area contributed by atoms with Crippen molar-refractivity contribution in [3.8, 4) is 0 Å². The second-order valence-corrected chi connectivity index (χ2v) is 5.12. The molecular formula is C11H18F2N2O2. The topological polar surface area (TPSA) is 41.6 Å². The van der Waals surface area contributed by atoms with Gasteiger partial charge in [-0.25, -0.2) is 4.79 Å². The van der Waals surface area contributed by atoms with Crippen LogP contribution < -0.4 is 5.32 Å². The number of rotatable bonds is 2. The van der Waals surface area contributed by atoms with Crippen molar-refractivity contribution < 1.29 is 18.3 Å². The minimum Gasteiger partial charge on any atom is -0.456 e. The van der Waals surface area contributed by atoms with E-state index in [0.717, 1.165) is 13.1 Å². The first-order chi connectivity index (χ1) is 7.87. The summed E-state index contributed by atoms with van der Waals surface area (Å²) in [5, 5.41) is 3.36. The molecule has 2 rings (SSSR count). The highest BCUT2D eigenvalue weighted by molar-refractivity contribution is 5.79. The molecule has 0 amide bonds. The van der Waals surface area contributed by atoms with Crippen LogP contribution in [-0.4, -0.2) is 54.6 Å². The molecule has 2 saturated heterocycles. The third-order valence-electron chi connectivity index (χ3n) is 3.15. The molecule has 0 saturated carbocycles. The largest absolute Gasteiger partial charge is 0.456 e.